The Kier molecular flexibility index (Phi) is 2.70. The Labute approximate surface area is 112 Å². The maximum absolute atomic E-state index is 11.7. The van der Waals surface area contributed by atoms with E-state index in [9.17, 15) is 5.11 Å². The molecule has 5 unspecified atom stereocenters. The van der Waals surface area contributed by atoms with E-state index in [2.05, 4.69) is 27.7 Å². The van der Waals surface area contributed by atoms with Crippen molar-refractivity contribution in [3.8, 4) is 0 Å². The van der Waals surface area contributed by atoms with Gasteiger partial charge in [0.05, 0.1) is 5.60 Å². The molecule has 104 valence electrons. The van der Waals surface area contributed by atoms with Crippen molar-refractivity contribution in [3.05, 3.63) is 0 Å². The van der Waals surface area contributed by atoms with Crippen molar-refractivity contribution < 1.29 is 5.11 Å². The lowest BCUT2D eigenvalue weighted by atomic mass is 9.53. The molecule has 0 heterocycles. The molecule has 0 aliphatic heterocycles. The summed E-state index contributed by atoms with van der Waals surface area (Å²) >= 11 is 0. The van der Waals surface area contributed by atoms with Crippen molar-refractivity contribution in [1.29, 1.82) is 0 Å². The van der Waals surface area contributed by atoms with Crippen LogP contribution < -0.4 is 0 Å². The highest BCUT2D eigenvalue weighted by Gasteiger charge is 2.70. The maximum atomic E-state index is 11.7. The van der Waals surface area contributed by atoms with Gasteiger partial charge in [0.15, 0.2) is 0 Å². The molecular formula is C17H30O. The van der Waals surface area contributed by atoms with Crippen LogP contribution in [0.4, 0.5) is 0 Å². The molecule has 3 aliphatic carbocycles. The van der Waals surface area contributed by atoms with Crippen molar-refractivity contribution in [3.63, 3.8) is 0 Å². The van der Waals surface area contributed by atoms with Crippen molar-refractivity contribution in [1.82, 2.24) is 0 Å². The zero-order valence-corrected chi connectivity index (χ0v) is 12.6. The van der Waals surface area contributed by atoms with Crippen LogP contribution in [0.1, 0.15) is 72.6 Å². The van der Waals surface area contributed by atoms with Crippen LogP contribution in [-0.4, -0.2) is 10.7 Å². The second-order valence-corrected chi connectivity index (χ2v) is 8.46. The third-order valence-corrected chi connectivity index (χ3v) is 7.19. The topological polar surface area (TPSA) is 20.2 Å². The van der Waals surface area contributed by atoms with Crippen molar-refractivity contribution in [2.45, 2.75) is 78.2 Å². The van der Waals surface area contributed by atoms with Gasteiger partial charge in [0, 0.05) is 0 Å². The molecule has 3 saturated carbocycles. The summed E-state index contributed by atoms with van der Waals surface area (Å²) in [6.07, 6.45) is 9.06. The Morgan fingerprint density at radius 3 is 2.28 bits per heavy atom. The quantitative estimate of drug-likeness (QED) is 0.732. The van der Waals surface area contributed by atoms with E-state index in [0.29, 0.717) is 5.92 Å². The molecule has 2 bridgehead atoms. The Morgan fingerprint density at radius 2 is 1.72 bits per heavy atom. The maximum Gasteiger partial charge on any atom is 0.0782 e. The minimum Gasteiger partial charge on any atom is -0.388 e. The monoisotopic (exact) mass is 250 g/mol. The molecule has 0 amide bonds. The summed E-state index contributed by atoms with van der Waals surface area (Å²) in [6, 6.07) is 0. The Morgan fingerprint density at radius 1 is 1.00 bits per heavy atom. The fourth-order valence-corrected chi connectivity index (χ4v) is 6.12. The molecule has 3 aliphatic rings. The van der Waals surface area contributed by atoms with E-state index in [1.54, 1.807) is 0 Å². The molecule has 3 fully saturated rings. The SMILES string of the molecule is CC1CCCC(C2(O)C3(C)CCC(C3)C2(C)C)C1. The van der Waals surface area contributed by atoms with Gasteiger partial charge in [-0.25, -0.2) is 0 Å². The van der Waals surface area contributed by atoms with Gasteiger partial charge in [0.1, 0.15) is 0 Å². The standard InChI is InChI=1S/C17H30O/c1-12-6-5-7-13(10-12)17(18)15(2,3)14-8-9-16(17,4)11-14/h12-14,18H,5-11H2,1-4H3. The van der Waals surface area contributed by atoms with Gasteiger partial charge in [-0.05, 0) is 60.7 Å². The molecule has 0 saturated heterocycles. The first-order valence-corrected chi connectivity index (χ1v) is 8.03. The molecule has 0 aromatic rings. The fourth-order valence-electron chi connectivity index (χ4n) is 6.12. The molecule has 1 heteroatoms. The van der Waals surface area contributed by atoms with Crippen LogP contribution in [0.5, 0.6) is 0 Å². The van der Waals surface area contributed by atoms with Gasteiger partial charge in [-0.15, -0.1) is 0 Å². The van der Waals surface area contributed by atoms with Crippen LogP contribution in [0.3, 0.4) is 0 Å². The van der Waals surface area contributed by atoms with Crippen LogP contribution >= 0.6 is 0 Å². The first-order valence-electron chi connectivity index (χ1n) is 8.03. The highest BCUT2D eigenvalue weighted by Crippen LogP contribution is 2.71. The number of aliphatic hydroxyl groups is 1. The molecule has 3 rings (SSSR count). The van der Waals surface area contributed by atoms with Gasteiger partial charge in [-0.1, -0.05) is 40.5 Å². The average molecular weight is 250 g/mol. The van der Waals surface area contributed by atoms with Gasteiger partial charge in [-0.3, -0.25) is 0 Å². The van der Waals surface area contributed by atoms with Crippen LogP contribution in [0.15, 0.2) is 0 Å². The van der Waals surface area contributed by atoms with E-state index in [4.69, 9.17) is 0 Å². The normalized spacial score (nSPS) is 54.8. The summed E-state index contributed by atoms with van der Waals surface area (Å²) in [5.41, 5.74) is -0.0811. The van der Waals surface area contributed by atoms with E-state index in [0.717, 1.165) is 11.8 Å². The zero-order chi connectivity index (χ0) is 13.2. The summed E-state index contributed by atoms with van der Waals surface area (Å²) in [6.45, 7) is 9.45. The fraction of sp³-hybridized carbons (Fsp3) is 1.00. The predicted octanol–water partition coefficient (Wildman–Crippen LogP) is 4.39. The molecule has 5 atom stereocenters. The largest absolute Gasteiger partial charge is 0.388 e. The van der Waals surface area contributed by atoms with Crippen molar-refractivity contribution in [2.75, 3.05) is 0 Å². The van der Waals surface area contributed by atoms with E-state index in [-0.39, 0.29) is 10.8 Å². The van der Waals surface area contributed by atoms with Gasteiger partial charge in [0.25, 0.3) is 0 Å². The van der Waals surface area contributed by atoms with Crippen molar-refractivity contribution >= 4 is 0 Å². The van der Waals surface area contributed by atoms with Crippen LogP contribution in [0, 0.1) is 28.6 Å². The highest BCUT2D eigenvalue weighted by molar-refractivity contribution is 5.20. The Hall–Kier alpha value is -0.0400. The summed E-state index contributed by atoms with van der Waals surface area (Å²) in [7, 11) is 0. The molecule has 0 spiro atoms. The summed E-state index contributed by atoms with van der Waals surface area (Å²) in [5.74, 6) is 2.11. The lowest BCUT2D eigenvalue weighted by Gasteiger charge is -2.56. The summed E-state index contributed by atoms with van der Waals surface area (Å²) in [4.78, 5) is 0. The first-order chi connectivity index (χ1) is 8.31. The van der Waals surface area contributed by atoms with Crippen LogP contribution in [-0.2, 0) is 0 Å². The summed E-state index contributed by atoms with van der Waals surface area (Å²) < 4.78 is 0. The van der Waals surface area contributed by atoms with Crippen LogP contribution in [0.25, 0.3) is 0 Å². The van der Waals surface area contributed by atoms with E-state index < -0.39 is 5.60 Å². The van der Waals surface area contributed by atoms with Crippen LogP contribution in [0.2, 0.25) is 0 Å². The third-order valence-electron chi connectivity index (χ3n) is 7.19. The molecule has 1 nitrogen and oxygen atoms in total. The molecule has 1 N–H and O–H groups in total. The lowest BCUT2D eigenvalue weighted by Crippen LogP contribution is -2.59. The van der Waals surface area contributed by atoms with E-state index in [1.165, 1.54) is 44.9 Å². The zero-order valence-electron chi connectivity index (χ0n) is 12.6. The van der Waals surface area contributed by atoms with Crippen molar-refractivity contribution in [2.24, 2.45) is 28.6 Å². The van der Waals surface area contributed by atoms with Gasteiger partial charge >= 0.3 is 0 Å². The number of hydrogen-bond donors (Lipinski definition) is 1. The van der Waals surface area contributed by atoms with Gasteiger partial charge < -0.3 is 5.11 Å². The highest BCUT2D eigenvalue weighted by atomic mass is 16.3. The minimum absolute atomic E-state index is 0.127. The number of fused-ring (bicyclic) bond motifs is 2. The first kappa shape index (κ1) is 13.0. The van der Waals surface area contributed by atoms with E-state index in [1.807, 2.05) is 0 Å². The lowest BCUT2D eigenvalue weighted by molar-refractivity contribution is -0.189. The smallest absolute Gasteiger partial charge is 0.0782 e. The average Bonchev–Trinajstić information content (AvgIpc) is 2.77. The summed E-state index contributed by atoms with van der Waals surface area (Å²) in [5, 5.41) is 11.7. The Balaban J connectivity index is 1.97. The second kappa shape index (κ2) is 3.75. The molecule has 0 radical (unpaired) electrons. The van der Waals surface area contributed by atoms with E-state index >= 15 is 0 Å². The second-order valence-electron chi connectivity index (χ2n) is 8.46. The number of rotatable bonds is 1. The molecular weight excluding hydrogens is 220 g/mol. The molecule has 18 heavy (non-hydrogen) atoms. The third kappa shape index (κ3) is 1.38. The Bertz CT molecular complexity index is 341. The number of hydrogen-bond acceptors (Lipinski definition) is 1. The molecule has 0 aromatic heterocycles. The molecule has 0 aromatic carbocycles. The minimum atomic E-state index is -0.405. The van der Waals surface area contributed by atoms with Gasteiger partial charge in [-0.2, -0.15) is 0 Å². The predicted molar refractivity (Wildman–Crippen MR) is 75.3 cm³/mol. The van der Waals surface area contributed by atoms with Gasteiger partial charge in [0.2, 0.25) is 0 Å².